The van der Waals surface area contributed by atoms with Crippen molar-refractivity contribution < 1.29 is 9.50 Å². The number of aliphatic hydroxyl groups is 1. The van der Waals surface area contributed by atoms with Crippen LogP contribution in [0.3, 0.4) is 0 Å². The third-order valence-electron chi connectivity index (χ3n) is 8.45. The average molecular weight is 294 g/mol. The normalized spacial score (nSPS) is 60.0. The molecule has 0 radical (unpaired) electrons. The van der Waals surface area contributed by atoms with Crippen molar-refractivity contribution in [1.82, 2.24) is 0 Å². The second-order valence-electron chi connectivity index (χ2n) is 9.36. The van der Waals surface area contributed by atoms with Crippen LogP contribution in [-0.4, -0.2) is 11.0 Å². The number of hydrogen-bond donors (Lipinski definition) is 1. The summed E-state index contributed by atoms with van der Waals surface area (Å²) in [7, 11) is 0. The van der Waals surface area contributed by atoms with Gasteiger partial charge in [-0.3, -0.25) is 0 Å². The smallest absolute Gasteiger partial charge is 0.207 e. The highest BCUT2D eigenvalue weighted by atomic mass is 19.2. The van der Waals surface area contributed by atoms with Gasteiger partial charge in [-0.15, -0.1) is 0 Å². The Balaban J connectivity index is 1.62. The number of halogens is 1. The number of hydrogen-bond acceptors (Lipinski definition) is 1. The van der Waals surface area contributed by atoms with Crippen molar-refractivity contribution in [1.29, 1.82) is 0 Å². The molecule has 120 valence electrons. The summed E-state index contributed by atoms with van der Waals surface area (Å²) in [5, 5.41) is 9.85. The van der Waals surface area contributed by atoms with Gasteiger partial charge in [0.2, 0.25) is 5.85 Å². The van der Waals surface area contributed by atoms with Crippen LogP contribution in [0.4, 0.5) is 4.39 Å². The fraction of sp³-hybridized carbons (Fsp3) is 1.00. The molecule has 2 heteroatoms. The fourth-order valence-electron chi connectivity index (χ4n) is 7.19. The van der Waals surface area contributed by atoms with Crippen molar-refractivity contribution in [2.45, 2.75) is 83.9 Å². The van der Waals surface area contributed by atoms with E-state index in [4.69, 9.17) is 0 Å². The topological polar surface area (TPSA) is 20.2 Å². The molecule has 0 spiro atoms. The Morgan fingerprint density at radius 2 is 1.71 bits per heavy atom. The van der Waals surface area contributed by atoms with E-state index in [2.05, 4.69) is 13.8 Å². The van der Waals surface area contributed by atoms with E-state index in [1.54, 1.807) is 0 Å². The fourth-order valence-corrected chi connectivity index (χ4v) is 7.19. The Hall–Kier alpha value is -0.110. The summed E-state index contributed by atoms with van der Waals surface area (Å²) in [6, 6.07) is 0. The van der Waals surface area contributed by atoms with Crippen LogP contribution in [0.1, 0.15) is 78.1 Å². The minimum absolute atomic E-state index is 0.297. The van der Waals surface area contributed by atoms with Gasteiger partial charge in [0, 0.05) is 12.8 Å². The third kappa shape index (κ3) is 2.04. The van der Waals surface area contributed by atoms with Gasteiger partial charge in [-0.05, 0) is 79.4 Å². The molecular formula is C19H31FO. The SMILES string of the molecule is C[C@@]12CCC[C@H]1[C@@H]1CCC3CC(O)(F)CC[C@]3(C)[C@H]1CC2. The van der Waals surface area contributed by atoms with E-state index in [0.717, 1.165) is 30.6 Å². The summed E-state index contributed by atoms with van der Waals surface area (Å²) in [4.78, 5) is 0. The first kappa shape index (κ1) is 14.5. The zero-order valence-electron chi connectivity index (χ0n) is 13.7. The Bertz CT molecular complexity index is 433. The van der Waals surface area contributed by atoms with E-state index in [-0.39, 0.29) is 0 Å². The van der Waals surface area contributed by atoms with Gasteiger partial charge in [-0.2, -0.15) is 0 Å². The maximum atomic E-state index is 14.1. The number of alkyl halides is 1. The molecule has 0 bridgehead atoms. The molecule has 0 aromatic heterocycles. The largest absolute Gasteiger partial charge is 0.362 e. The predicted molar refractivity (Wildman–Crippen MR) is 82.4 cm³/mol. The van der Waals surface area contributed by atoms with Gasteiger partial charge in [-0.1, -0.05) is 20.3 Å². The predicted octanol–water partition coefficient (Wildman–Crippen LogP) is 5.08. The molecule has 21 heavy (non-hydrogen) atoms. The van der Waals surface area contributed by atoms with Crippen LogP contribution in [-0.2, 0) is 0 Å². The molecule has 2 unspecified atom stereocenters. The molecule has 4 saturated carbocycles. The lowest BCUT2D eigenvalue weighted by Gasteiger charge is -2.60. The Labute approximate surface area is 128 Å². The van der Waals surface area contributed by atoms with Crippen LogP contribution in [0.2, 0.25) is 0 Å². The molecule has 0 aromatic carbocycles. The van der Waals surface area contributed by atoms with E-state index in [1.165, 1.54) is 38.5 Å². The Kier molecular flexibility index (Phi) is 3.08. The molecule has 7 atom stereocenters. The molecular weight excluding hydrogens is 263 g/mol. The summed E-state index contributed by atoms with van der Waals surface area (Å²) >= 11 is 0. The van der Waals surface area contributed by atoms with Gasteiger partial charge in [-0.25, -0.2) is 4.39 Å². The molecule has 1 N–H and O–H groups in total. The lowest BCUT2D eigenvalue weighted by Crippen LogP contribution is -2.54. The lowest BCUT2D eigenvalue weighted by atomic mass is 9.45. The summed E-state index contributed by atoms with van der Waals surface area (Å²) < 4.78 is 14.1. The van der Waals surface area contributed by atoms with E-state index < -0.39 is 5.85 Å². The second kappa shape index (κ2) is 4.46. The maximum absolute atomic E-state index is 14.1. The van der Waals surface area contributed by atoms with E-state index in [0.29, 0.717) is 29.6 Å². The quantitative estimate of drug-likeness (QED) is 0.660. The second-order valence-corrected chi connectivity index (χ2v) is 9.36. The van der Waals surface area contributed by atoms with Gasteiger partial charge >= 0.3 is 0 Å². The number of rotatable bonds is 0. The van der Waals surface area contributed by atoms with Crippen LogP contribution < -0.4 is 0 Å². The zero-order chi connectivity index (χ0) is 14.9. The average Bonchev–Trinajstić information content (AvgIpc) is 2.81. The highest BCUT2D eigenvalue weighted by Crippen LogP contribution is 2.66. The van der Waals surface area contributed by atoms with Crippen molar-refractivity contribution in [2.24, 2.45) is 34.5 Å². The van der Waals surface area contributed by atoms with Gasteiger partial charge < -0.3 is 5.11 Å². The van der Waals surface area contributed by atoms with Crippen LogP contribution in [0.15, 0.2) is 0 Å². The standard InChI is InChI=1S/C19H31FO/c1-17-8-3-4-15(17)14-6-5-13-12-19(20,21)11-10-18(13,2)16(14)7-9-17/h13-16,21H,3-12H2,1-2H3/t13?,14-,15-,16-,17-,18-,19?/m0/s1. The van der Waals surface area contributed by atoms with Crippen molar-refractivity contribution >= 4 is 0 Å². The lowest BCUT2D eigenvalue weighted by molar-refractivity contribution is -0.192. The van der Waals surface area contributed by atoms with E-state index in [9.17, 15) is 9.50 Å². The summed E-state index contributed by atoms with van der Waals surface area (Å²) in [5.74, 6) is 1.14. The first-order chi connectivity index (χ1) is 9.84. The molecule has 4 fully saturated rings. The van der Waals surface area contributed by atoms with Crippen molar-refractivity contribution in [3.8, 4) is 0 Å². The van der Waals surface area contributed by atoms with E-state index >= 15 is 0 Å². The van der Waals surface area contributed by atoms with Crippen molar-refractivity contribution in [3.05, 3.63) is 0 Å². The molecule has 0 heterocycles. The minimum Gasteiger partial charge on any atom is -0.362 e. The summed E-state index contributed by atoms with van der Waals surface area (Å²) in [5.41, 5.74) is 0.908. The van der Waals surface area contributed by atoms with Crippen LogP contribution in [0.25, 0.3) is 0 Å². The molecule has 0 aliphatic heterocycles. The summed E-state index contributed by atoms with van der Waals surface area (Å²) in [6.45, 7) is 4.97. The molecule has 4 aliphatic rings. The minimum atomic E-state index is -1.88. The van der Waals surface area contributed by atoms with Crippen LogP contribution >= 0.6 is 0 Å². The van der Waals surface area contributed by atoms with E-state index in [1.807, 2.05) is 0 Å². The zero-order valence-corrected chi connectivity index (χ0v) is 13.7. The molecule has 4 aliphatic carbocycles. The highest BCUT2D eigenvalue weighted by Gasteiger charge is 2.59. The van der Waals surface area contributed by atoms with Crippen molar-refractivity contribution in [2.75, 3.05) is 0 Å². The van der Waals surface area contributed by atoms with Crippen LogP contribution in [0, 0.1) is 34.5 Å². The van der Waals surface area contributed by atoms with Gasteiger partial charge in [0.15, 0.2) is 0 Å². The first-order valence-corrected chi connectivity index (χ1v) is 9.25. The molecule has 1 nitrogen and oxygen atoms in total. The Morgan fingerprint density at radius 1 is 0.905 bits per heavy atom. The maximum Gasteiger partial charge on any atom is 0.207 e. The van der Waals surface area contributed by atoms with Gasteiger partial charge in [0.1, 0.15) is 0 Å². The molecule has 0 aromatic rings. The first-order valence-electron chi connectivity index (χ1n) is 9.25. The molecule has 0 saturated heterocycles. The number of fused-ring (bicyclic) bond motifs is 5. The van der Waals surface area contributed by atoms with Gasteiger partial charge in [0.05, 0.1) is 0 Å². The van der Waals surface area contributed by atoms with Crippen LogP contribution in [0.5, 0.6) is 0 Å². The third-order valence-corrected chi connectivity index (χ3v) is 8.45. The molecule has 0 amide bonds. The van der Waals surface area contributed by atoms with Crippen molar-refractivity contribution in [3.63, 3.8) is 0 Å². The Morgan fingerprint density at radius 3 is 2.52 bits per heavy atom. The summed E-state index contributed by atoms with van der Waals surface area (Å²) in [6.07, 6.45) is 11.1. The molecule has 4 rings (SSSR count). The monoisotopic (exact) mass is 294 g/mol. The van der Waals surface area contributed by atoms with Gasteiger partial charge in [0.25, 0.3) is 0 Å². The highest BCUT2D eigenvalue weighted by molar-refractivity contribution is 5.07.